The van der Waals surface area contributed by atoms with Crippen LogP contribution >= 0.6 is 11.8 Å². The molecule has 0 unspecified atom stereocenters. The standard InChI is InChI=1S/C11H18N4O2S/c1-2-8(5-16)13-10(17)6-18-11-14-12-7-15(11)9-3-4-9/h7-9,16H,2-6H2,1H3,(H,13,17)/t8-/m0/s1. The average Bonchev–Trinajstić information content (AvgIpc) is 3.12. The zero-order chi connectivity index (χ0) is 13.0. The van der Waals surface area contributed by atoms with Gasteiger partial charge in [-0.3, -0.25) is 4.79 Å². The molecule has 6 nitrogen and oxygen atoms in total. The molecule has 7 heteroatoms. The Hall–Kier alpha value is -1.08. The first-order valence-corrected chi connectivity index (χ1v) is 7.15. The number of aliphatic hydroxyl groups excluding tert-OH is 1. The number of hydrogen-bond acceptors (Lipinski definition) is 5. The molecular formula is C11H18N4O2S. The van der Waals surface area contributed by atoms with Crippen LogP contribution in [0.3, 0.4) is 0 Å². The van der Waals surface area contributed by atoms with Gasteiger partial charge in [0.2, 0.25) is 5.91 Å². The monoisotopic (exact) mass is 270 g/mol. The van der Waals surface area contributed by atoms with Gasteiger partial charge in [-0.05, 0) is 19.3 Å². The molecule has 100 valence electrons. The van der Waals surface area contributed by atoms with Gasteiger partial charge in [-0.25, -0.2) is 0 Å². The molecule has 0 radical (unpaired) electrons. The fourth-order valence-electron chi connectivity index (χ4n) is 1.61. The maximum absolute atomic E-state index is 11.7. The normalized spacial score (nSPS) is 16.6. The Labute approximate surface area is 110 Å². The summed E-state index contributed by atoms with van der Waals surface area (Å²) in [6.45, 7) is 1.91. The van der Waals surface area contributed by atoms with Crippen LogP contribution in [0.1, 0.15) is 32.2 Å². The molecule has 1 aliphatic rings. The highest BCUT2D eigenvalue weighted by molar-refractivity contribution is 7.99. The van der Waals surface area contributed by atoms with Gasteiger partial charge in [0.15, 0.2) is 5.16 Å². The molecule has 2 rings (SSSR count). The van der Waals surface area contributed by atoms with Crippen molar-refractivity contribution in [2.45, 2.75) is 43.4 Å². The summed E-state index contributed by atoms with van der Waals surface area (Å²) in [5, 5.41) is 20.5. The Morgan fingerprint density at radius 1 is 1.72 bits per heavy atom. The van der Waals surface area contributed by atoms with Gasteiger partial charge in [-0.2, -0.15) is 0 Å². The maximum Gasteiger partial charge on any atom is 0.230 e. The maximum atomic E-state index is 11.7. The molecule has 0 aliphatic heterocycles. The smallest absolute Gasteiger partial charge is 0.230 e. The van der Waals surface area contributed by atoms with Gasteiger partial charge in [0.05, 0.1) is 18.4 Å². The van der Waals surface area contributed by atoms with Crippen molar-refractivity contribution < 1.29 is 9.90 Å². The minimum absolute atomic E-state index is 0.0227. The molecule has 0 bridgehead atoms. The summed E-state index contributed by atoms with van der Waals surface area (Å²) >= 11 is 1.39. The zero-order valence-corrected chi connectivity index (χ0v) is 11.2. The lowest BCUT2D eigenvalue weighted by atomic mass is 10.2. The number of nitrogens with one attached hydrogen (secondary N) is 1. The number of amides is 1. The van der Waals surface area contributed by atoms with E-state index in [4.69, 9.17) is 5.11 Å². The number of nitrogens with zero attached hydrogens (tertiary/aromatic N) is 3. The molecule has 1 saturated carbocycles. The van der Waals surface area contributed by atoms with Crippen LogP contribution in [0.25, 0.3) is 0 Å². The number of aliphatic hydroxyl groups is 1. The number of aromatic nitrogens is 3. The first kappa shape index (κ1) is 13.4. The first-order valence-electron chi connectivity index (χ1n) is 6.17. The van der Waals surface area contributed by atoms with Crippen molar-refractivity contribution in [2.24, 2.45) is 0 Å². The Morgan fingerprint density at radius 2 is 2.50 bits per heavy atom. The quantitative estimate of drug-likeness (QED) is 0.709. The summed E-state index contributed by atoms with van der Waals surface area (Å²) in [6, 6.07) is 0.366. The molecule has 18 heavy (non-hydrogen) atoms. The highest BCUT2D eigenvalue weighted by Gasteiger charge is 2.26. The number of thioether (sulfide) groups is 1. The predicted molar refractivity (Wildman–Crippen MR) is 68.3 cm³/mol. The molecule has 1 aliphatic carbocycles. The lowest BCUT2D eigenvalue weighted by molar-refractivity contribution is -0.119. The zero-order valence-electron chi connectivity index (χ0n) is 10.4. The van der Waals surface area contributed by atoms with E-state index in [2.05, 4.69) is 15.5 Å². The van der Waals surface area contributed by atoms with E-state index in [1.54, 1.807) is 6.33 Å². The van der Waals surface area contributed by atoms with Gasteiger partial charge >= 0.3 is 0 Å². The van der Waals surface area contributed by atoms with E-state index in [1.165, 1.54) is 24.6 Å². The van der Waals surface area contributed by atoms with E-state index in [-0.39, 0.29) is 18.6 Å². The Morgan fingerprint density at radius 3 is 3.11 bits per heavy atom. The SMILES string of the molecule is CC[C@@H](CO)NC(=O)CSc1nncn1C1CC1. The van der Waals surface area contributed by atoms with Crippen molar-refractivity contribution >= 4 is 17.7 Å². The fraction of sp³-hybridized carbons (Fsp3) is 0.727. The van der Waals surface area contributed by atoms with Crippen LogP contribution in [0.4, 0.5) is 0 Å². The van der Waals surface area contributed by atoms with Gasteiger partial charge in [-0.15, -0.1) is 10.2 Å². The molecule has 1 fully saturated rings. The van der Waals surface area contributed by atoms with Crippen molar-refractivity contribution in [1.29, 1.82) is 0 Å². The Balaban J connectivity index is 1.80. The highest BCUT2D eigenvalue weighted by Crippen LogP contribution is 2.37. The predicted octanol–water partition coefficient (Wildman–Crippen LogP) is 0.592. The van der Waals surface area contributed by atoms with Crippen molar-refractivity contribution in [3.05, 3.63) is 6.33 Å². The summed E-state index contributed by atoms with van der Waals surface area (Å²) in [6.07, 6.45) is 4.78. The number of hydrogen-bond donors (Lipinski definition) is 2. The van der Waals surface area contributed by atoms with Gasteiger partial charge in [0.25, 0.3) is 0 Å². The summed E-state index contributed by atoms with van der Waals surface area (Å²) in [5.74, 6) is 0.230. The van der Waals surface area contributed by atoms with Gasteiger partial charge in [-0.1, -0.05) is 18.7 Å². The van der Waals surface area contributed by atoms with Crippen LogP contribution in [0.5, 0.6) is 0 Å². The molecule has 1 aromatic rings. The lowest BCUT2D eigenvalue weighted by Crippen LogP contribution is -2.38. The highest BCUT2D eigenvalue weighted by atomic mass is 32.2. The summed E-state index contributed by atoms with van der Waals surface area (Å²) < 4.78 is 2.03. The molecular weight excluding hydrogens is 252 g/mol. The van der Waals surface area contributed by atoms with E-state index >= 15 is 0 Å². The van der Waals surface area contributed by atoms with E-state index in [1.807, 2.05) is 11.5 Å². The van der Waals surface area contributed by atoms with Gasteiger partial charge in [0.1, 0.15) is 6.33 Å². The van der Waals surface area contributed by atoms with Crippen LogP contribution in [0, 0.1) is 0 Å². The van der Waals surface area contributed by atoms with Gasteiger partial charge < -0.3 is 15.0 Å². The molecule has 1 atom stereocenters. The summed E-state index contributed by atoms with van der Waals surface area (Å²) in [4.78, 5) is 11.7. The lowest BCUT2D eigenvalue weighted by Gasteiger charge is -2.13. The van der Waals surface area contributed by atoms with Crippen molar-refractivity contribution in [3.63, 3.8) is 0 Å². The molecule has 1 amide bonds. The van der Waals surface area contributed by atoms with Crippen molar-refractivity contribution in [2.75, 3.05) is 12.4 Å². The molecule has 0 spiro atoms. The summed E-state index contributed by atoms with van der Waals surface area (Å²) in [5.41, 5.74) is 0. The van der Waals surface area contributed by atoms with Crippen LogP contribution in [-0.4, -0.2) is 44.2 Å². The fourth-order valence-corrected chi connectivity index (χ4v) is 2.41. The molecule has 1 aromatic heterocycles. The van der Waals surface area contributed by atoms with E-state index in [0.717, 1.165) is 11.6 Å². The van der Waals surface area contributed by atoms with E-state index in [9.17, 15) is 4.79 Å². The number of carbonyl (C=O) groups is 1. The molecule has 0 aromatic carbocycles. The van der Waals surface area contributed by atoms with Crippen molar-refractivity contribution in [1.82, 2.24) is 20.1 Å². The second kappa shape index (κ2) is 6.19. The third-order valence-corrected chi connectivity index (χ3v) is 3.85. The van der Waals surface area contributed by atoms with Crippen LogP contribution in [0.2, 0.25) is 0 Å². The first-order chi connectivity index (χ1) is 8.74. The number of carbonyl (C=O) groups excluding carboxylic acids is 1. The third-order valence-electron chi connectivity index (χ3n) is 2.89. The van der Waals surface area contributed by atoms with E-state index < -0.39 is 0 Å². The minimum atomic E-state index is -0.153. The third kappa shape index (κ3) is 3.46. The average molecular weight is 270 g/mol. The second-order valence-corrected chi connectivity index (χ2v) is 5.34. The van der Waals surface area contributed by atoms with Crippen LogP contribution in [0.15, 0.2) is 11.5 Å². The molecule has 1 heterocycles. The number of rotatable bonds is 7. The van der Waals surface area contributed by atoms with Crippen LogP contribution < -0.4 is 5.32 Å². The minimum Gasteiger partial charge on any atom is -0.394 e. The second-order valence-electron chi connectivity index (χ2n) is 4.40. The van der Waals surface area contributed by atoms with E-state index in [0.29, 0.717) is 11.8 Å². The summed E-state index contributed by atoms with van der Waals surface area (Å²) in [7, 11) is 0. The van der Waals surface area contributed by atoms with Crippen molar-refractivity contribution in [3.8, 4) is 0 Å². The largest absolute Gasteiger partial charge is 0.394 e. The molecule has 0 saturated heterocycles. The Bertz CT molecular complexity index is 402. The topological polar surface area (TPSA) is 80.0 Å². The Kier molecular flexibility index (Phi) is 4.60. The van der Waals surface area contributed by atoms with Crippen LogP contribution in [-0.2, 0) is 4.79 Å². The molecule has 2 N–H and O–H groups in total. The van der Waals surface area contributed by atoms with Gasteiger partial charge in [0, 0.05) is 6.04 Å².